The molecular weight excluding hydrogens is 499 g/mol. The van der Waals surface area contributed by atoms with Crippen LogP contribution < -0.4 is 10.6 Å². The van der Waals surface area contributed by atoms with Crippen LogP contribution in [-0.4, -0.2) is 40.4 Å². The molecule has 7 heteroatoms. The highest BCUT2D eigenvalue weighted by atomic mass is 127. The van der Waals surface area contributed by atoms with Gasteiger partial charge in [-0.15, -0.1) is 34.2 Å². The van der Waals surface area contributed by atoms with Crippen LogP contribution in [0.4, 0.5) is 0 Å². The fraction of sp³-hybridized carbons (Fsp3) is 0.625. The summed E-state index contributed by atoms with van der Waals surface area (Å²) in [5.41, 5.74) is 1.63. The molecule has 1 aliphatic carbocycles. The van der Waals surface area contributed by atoms with Crippen LogP contribution in [0.15, 0.2) is 35.3 Å². The molecule has 0 amide bonds. The monoisotopic (exact) mass is 536 g/mol. The Kier molecular flexibility index (Phi) is 9.16. The molecule has 2 heterocycles. The van der Waals surface area contributed by atoms with Crippen LogP contribution in [0.2, 0.25) is 0 Å². The van der Waals surface area contributed by atoms with Crippen LogP contribution in [0.1, 0.15) is 69.1 Å². The van der Waals surface area contributed by atoms with Crippen molar-refractivity contribution in [2.24, 2.45) is 4.99 Å². The van der Waals surface area contributed by atoms with Gasteiger partial charge in [-0.1, -0.05) is 49.6 Å². The quantitative estimate of drug-likeness (QED) is 0.316. The molecule has 2 aliphatic rings. The molecule has 1 aromatic carbocycles. The Labute approximate surface area is 203 Å². The highest BCUT2D eigenvalue weighted by Gasteiger charge is 2.35. The first-order valence-electron chi connectivity index (χ1n) is 11.8. The minimum Gasteiger partial charge on any atom is -0.357 e. The number of nitrogens with one attached hydrogen (secondary N) is 2. The fourth-order valence-electron chi connectivity index (χ4n) is 4.98. The first kappa shape index (κ1) is 24.0. The van der Waals surface area contributed by atoms with Crippen molar-refractivity contribution in [3.63, 3.8) is 0 Å². The number of aromatic nitrogens is 3. The van der Waals surface area contributed by atoms with Gasteiger partial charge in [-0.3, -0.25) is 4.99 Å². The minimum atomic E-state index is 0. The summed E-state index contributed by atoms with van der Waals surface area (Å²) < 4.78 is 2.33. The van der Waals surface area contributed by atoms with E-state index in [0.717, 1.165) is 56.6 Å². The van der Waals surface area contributed by atoms with Crippen LogP contribution in [0, 0.1) is 0 Å². The second kappa shape index (κ2) is 11.8. The molecule has 1 fully saturated rings. The van der Waals surface area contributed by atoms with Crippen molar-refractivity contribution in [2.45, 2.75) is 76.7 Å². The highest BCUT2D eigenvalue weighted by Crippen LogP contribution is 2.41. The van der Waals surface area contributed by atoms with Crippen LogP contribution >= 0.6 is 24.0 Å². The molecule has 170 valence electrons. The van der Waals surface area contributed by atoms with Crippen molar-refractivity contribution in [3.05, 3.63) is 47.5 Å². The molecular formula is C24H37IN6. The van der Waals surface area contributed by atoms with Gasteiger partial charge in [0.05, 0.1) is 6.54 Å². The lowest BCUT2D eigenvalue weighted by molar-refractivity contribution is 0.452. The molecule has 0 atom stereocenters. The summed E-state index contributed by atoms with van der Waals surface area (Å²) in [6, 6.07) is 11.0. The van der Waals surface area contributed by atoms with Crippen LogP contribution in [0.3, 0.4) is 0 Å². The maximum absolute atomic E-state index is 5.02. The average Bonchev–Trinajstić information content (AvgIpc) is 3.34. The second-order valence-electron chi connectivity index (χ2n) is 8.72. The van der Waals surface area contributed by atoms with Gasteiger partial charge in [-0.25, -0.2) is 0 Å². The zero-order valence-electron chi connectivity index (χ0n) is 18.8. The summed E-state index contributed by atoms with van der Waals surface area (Å²) >= 11 is 0. The fourth-order valence-corrected chi connectivity index (χ4v) is 4.98. The number of rotatable bonds is 7. The predicted octanol–water partition coefficient (Wildman–Crippen LogP) is 4.23. The molecule has 6 nitrogen and oxygen atoms in total. The number of fused-ring (bicyclic) bond motifs is 1. The number of nitrogens with zero attached hydrogens (tertiary/aromatic N) is 4. The van der Waals surface area contributed by atoms with Crippen molar-refractivity contribution < 1.29 is 0 Å². The standard InChI is InChI=1S/C24H36N6.HI/c1-2-25-23(26-17-14-22-29-28-21-13-7-4-10-18-30(21)22)27-19-24(15-8-9-16-24)20-11-5-3-6-12-20;/h3,5-6,11-12H,2,4,7-10,13-19H2,1H3,(H2,25,26,27);1H. The Balaban J connectivity index is 0.00000272. The molecule has 0 radical (unpaired) electrons. The Bertz CT molecular complexity index is 826. The maximum atomic E-state index is 5.02. The summed E-state index contributed by atoms with van der Waals surface area (Å²) in [6.07, 6.45) is 10.7. The van der Waals surface area contributed by atoms with Gasteiger partial charge in [0, 0.05) is 37.9 Å². The largest absolute Gasteiger partial charge is 0.357 e. The number of aliphatic imine (C=N–C) groups is 1. The lowest BCUT2D eigenvalue weighted by Crippen LogP contribution is -2.40. The third-order valence-electron chi connectivity index (χ3n) is 6.66. The Morgan fingerprint density at radius 3 is 2.61 bits per heavy atom. The molecule has 0 bridgehead atoms. The SMILES string of the molecule is CCNC(=NCC1(c2ccccc2)CCCC1)NCCc1nnc2n1CCCCC2.I. The topological polar surface area (TPSA) is 67.1 Å². The number of guanidine groups is 1. The molecule has 1 saturated carbocycles. The molecule has 31 heavy (non-hydrogen) atoms. The van der Waals surface area contributed by atoms with Crippen molar-refractivity contribution >= 4 is 29.9 Å². The second-order valence-corrected chi connectivity index (χ2v) is 8.72. The molecule has 0 unspecified atom stereocenters. The van der Waals surface area contributed by atoms with E-state index in [1.54, 1.807) is 0 Å². The van der Waals surface area contributed by atoms with E-state index in [1.807, 2.05) is 0 Å². The van der Waals surface area contributed by atoms with Crippen LogP contribution in [0.5, 0.6) is 0 Å². The molecule has 2 N–H and O–H groups in total. The van der Waals surface area contributed by atoms with E-state index in [9.17, 15) is 0 Å². The van der Waals surface area contributed by atoms with Gasteiger partial charge in [0.1, 0.15) is 11.6 Å². The van der Waals surface area contributed by atoms with Gasteiger partial charge < -0.3 is 15.2 Å². The molecule has 2 aromatic rings. The first-order valence-corrected chi connectivity index (χ1v) is 11.8. The molecule has 0 spiro atoms. The molecule has 1 aromatic heterocycles. The van der Waals surface area contributed by atoms with E-state index in [-0.39, 0.29) is 29.4 Å². The average molecular weight is 537 g/mol. The number of halogens is 1. The normalized spacial score (nSPS) is 18.0. The van der Waals surface area contributed by atoms with Gasteiger partial charge in [0.2, 0.25) is 0 Å². The number of hydrogen-bond donors (Lipinski definition) is 2. The van der Waals surface area contributed by atoms with E-state index >= 15 is 0 Å². The van der Waals surface area contributed by atoms with Crippen molar-refractivity contribution in [1.82, 2.24) is 25.4 Å². The third-order valence-corrected chi connectivity index (χ3v) is 6.66. The van der Waals surface area contributed by atoms with Crippen molar-refractivity contribution in [2.75, 3.05) is 19.6 Å². The highest BCUT2D eigenvalue weighted by molar-refractivity contribution is 14.0. The summed E-state index contributed by atoms with van der Waals surface area (Å²) in [5.74, 6) is 3.18. The number of hydrogen-bond acceptors (Lipinski definition) is 3. The Morgan fingerprint density at radius 2 is 1.84 bits per heavy atom. The zero-order chi connectivity index (χ0) is 20.7. The van der Waals surface area contributed by atoms with Gasteiger partial charge in [0.15, 0.2) is 5.96 Å². The maximum Gasteiger partial charge on any atom is 0.191 e. The van der Waals surface area contributed by atoms with Crippen LogP contribution in [-0.2, 0) is 24.8 Å². The first-order chi connectivity index (χ1) is 14.8. The van der Waals surface area contributed by atoms with Gasteiger partial charge >= 0.3 is 0 Å². The third kappa shape index (κ3) is 5.99. The van der Waals surface area contributed by atoms with E-state index in [1.165, 1.54) is 50.5 Å². The Morgan fingerprint density at radius 1 is 1.03 bits per heavy atom. The summed E-state index contributed by atoms with van der Waals surface area (Å²) in [6.45, 7) is 5.71. The van der Waals surface area contributed by atoms with E-state index in [4.69, 9.17) is 4.99 Å². The van der Waals surface area contributed by atoms with E-state index < -0.39 is 0 Å². The van der Waals surface area contributed by atoms with Gasteiger partial charge in [0.25, 0.3) is 0 Å². The lowest BCUT2D eigenvalue weighted by atomic mass is 9.79. The van der Waals surface area contributed by atoms with Crippen molar-refractivity contribution in [3.8, 4) is 0 Å². The summed E-state index contributed by atoms with van der Waals surface area (Å²) in [4.78, 5) is 5.02. The smallest absolute Gasteiger partial charge is 0.191 e. The number of aryl methyl sites for hydroxylation is 1. The van der Waals surface area contributed by atoms with E-state index in [2.05, 4.69) is 62.7 Å². The Hall–Kier alpha value is -1.64. The van der Waals surface area contributed by atoms with Gasteiger partial charge in [-0.2, -0.15) is 0 Å². The minimum absolute atomic E-state index is 0. The molecule has 0 saturated heterocycles. The zero-order valence-corrected chi connectivity index (χ0v) is 21.1. The predicted molar refractivity (Wildman–Crippen MR) is 137 cm³/mol. The van der Waals surface area contributed by atoms with Crippen LogP contribution in [0.25, 0.3) is 0 Å². The van der Waals surface area contributed by atoms with E-state index in [0.29, 0.717) is 0 Å². The van der Waals surface area contributed by atoms with Gasteiger partial charge in [-0.05, 0) is 38.2 Å². The van der Waals surface area contributed by atoms with Crippen molar-refractivity contribution in [1.29, 1.82) is 0 Å². The lowest BCUT2D eigenvalue weighted by Gasteiger charge is -2.28. The number of benzene rings is 1. The molecule has 4 rings (SSSR count). The molecule has 1 aliphatic heterocycles. The summed E-state index contributed by atoms with van der Waals surface area (Å²) in [7, 11) is 0. The summed E-state index contributed by atoms with van der Waals surface area (Å²) in [5, 5.41) is 15.8.